The van der Waals surface area contributed by atoms with Gasteiger partial charge in [0.05, 0.1) is 17.9 Å². The van der Waals surface area contributed by atoms with E-state index in [0.29, 0.717) is 6.54 Å². The highest BCUT2D eigenvalue weighted by Gasteiger charge is 2.16. The van der Waals surface area contributed by atoms with E-state index in [-0.39, 0.29) is 30.5 Å². The standard InChI is InChI=1S/C17H18FN3O2/c1-13(22)21(16-8-3-2-7-15(16)18)11-9-17(23)20-12-14-6-4-5-10-19-14/h2-8,10H,9,11-12H2,1H3,(H,20,23). The summed E-state index contributed by atoms with van der Waals surface area (Å²) in [6.07, 6.45) is 1.73. The Kier molecular flexibility index (Phi) is 5.80. The molecule has 0 bridgehead atoms. The van der Waals surface area contributed by atoms with E-state index in [1.54, 1.807) is 24.4 Å². The lowest BCUT2D eigenvalue weighted by molar-refractivity contribution is -0.121. The molecule has 1 N–H and O–H groups in total. The third-order valence-corrected chi connectivity index (χ3v) is 3.28. The lowest BCUT2D eigenvalue weighted by Gasteiger charge is -2.21. The van der Waals surface area contributed by atoms with Gasteiger partial charge in [0.25, 0.3) is 0 Å². The molecule has 5 nitrogen and oxygen atoms in total. The molecule has 2 aromatic rings. The van der Waals surface area contributed by atoms with Crippen molar-refractivity contribution in [1.82, 2.24) is 10.3 Å². The van der Waals surface area contributed by atoms with E-state index >= 15 is 0 Å². The van der Waals surface area contributed by atoms with Crippen molar-refractivity contribution in [3.05, 3.63) is 60.2 Å². The van der Waals surface area contributed by atoms with Gasteiger partial charge in [0.1, 0.15) is 5.82 Å². The van der Waals surface area contributed by atoms with Crippen molar-refractivity contribution in [3.63, 3.8) is 0 Å². The number of anilines is 1. The first kappa shape index (κ1) is 16.6. The number of pyridine rings is 1. The van der Waals surface area contributed by atoms with Crippen molar-refractivity contribution in [3.8, 4) is 0 Å². The molecule has 2 rings (SSSR count). The predicted octanol–water partition coefficient (Wildman–Crippen LogP) is 2.28. The minimum absolute atomic E-state index is 0.0841. The fraction of sp³-hybridized carbons (Fsp3) is 0.235. The first-order valence-electron chi connectivity index (χ1n) is 7.27. The highest BCUT2D eigenvalue weighted by atomic mass is 19.1. The summed E-state index contributed by atoms with van der Waals surface area (Å²) in [6.45, 7) is 1.78. The molecule has 23 heavy (non-hydrogen) atoms. The second-order valence-electron chi connectivity index (χ2n) is 4.97. The maximum absolute atomic E-state index is 13.8. The summed E-state index contributed by atoms with van der Waals surface area (Å²) in [5, 5.41) is 2.73. The van der Waals surface area contributed by atoms with Crippen LogP contribution in [0, 0.1) is 5.82 Å². The van der Waals surface area contributed by atoms with E-state index in [1.807, 2.05) is 12.1 Å². The molecule has 1 aromatic heterocycles. The van der Waals surface area contributed by atoms with Gasteiger partial charge in [0, 0.05) is 26.1 Å². The molecule has 0 saturated carbocycles. The van der Waals surface area contributed by atoms with Crippen LogP contribution in [0.2, 0.25) is 0 Å². The number of para-hydroxylation sites is 1. The zero-order chi connectivity index (χ0) is 16.7. The Balaban J connectivity index is 1.90. The third kappa shape index (κ3) is 4.88. The molecule has 120 valence electrons. The normalized spacial score (nSPS) is 10.2. The largest absolute Gasteiger partial charge is 0.350 e. The van der Waals surface area contributed by atoms with Crippen molar-refractivity contribution in [2.24, 2.45) is 0 Å². The number of benzene rings is 1. The van der Waals surface area contributed by atoms with Gasteiger partial charge in [-0.05, 0) is 24.3 Å². The fourth-order valence-electron chi connectivity index (χ4n) is 2.11. The summed E-state index contributed by atoms with van der Waals surface area (Å²) >= 11 is 0. The quantitative estimate of drug-likeness (QED) is 0.889. The Hall–Kier alpha value is -2.76. The first-order valence-corrected chi connectivity index (χ1v) is 7.27. The van der Waals surface area contributed by atoms with Crippen LogP contribution in [0.1, 0.15) is 19.0 Å². The second-order valence-corrected chi connectivity index (χ2v) is 4.97. The maximum Gasteiger partial charge on any atom is 0.223 e. The number of aromatic nitrogens is 1. The molecule has 6 heteroatoms. The van der Waals surface area contributed by atoms with Gasteiger partial charge < -0.3 is 10.2 Å². The summed E-state index contributed by atoms with van der Waals surface area (Å²) in [6, 6.07) is 11.4. The molecule has 0 fully saturated rings. The van der Waals surface area contributed by atoms with Crippen LogP contribution < -0.4 is 10.2 Å². The Bertz CT molecular complexity index is 677. The Labute approximate surface area is 134 Å². The predicted molar refractivity (Wildman–Crippen MR) is 85.1 cm³/mol. The van der Waals surface area contributed by atoms with Crippen LogP contribution in [0.15, 0.2) is 48.7 Å². The molecule has 0 radical (unpaired) electrons. The van der Waals surface area contributed by atoms with Gasteiger partial charge >= 0.3 is 0 Å². The number of hydrogen-bond donors (Lipinski definition) is 1. The molecule has 0 atom stereocenters. The lowest BCUT2D eigenvalue weighted by atomic mass is 10.2. The van der Waals surface area contributed by atoms with Crippen LogP contribution in [-0.4, -0.2) is 23.3 Å². The molecular formula is C17H18FN3O2. The second kappa shape index (κ2) is 8.03. The number of carbonyl (C=O) groups is 2. The van der Waals surface area contributed by atoms with Crippen molar-refractivity contribution in [1.29, 1.82) is 0 Å². The van der Waals surface area contributed by atoms with Crippen LogP contribution in [0.4, 0.5) is 10.1 Å². The number of nitrogens with one attached hydrogen (secondary N) is 1. The summed E-state index contributed by atoms with van der Waals surface area (Å²) < 4.78 is 13.8. The molecule has 0 aliphatic carbocycles. The van der Waals surface area contributed by atoms with Crippen LogP contribution in [-0.2, 0) is 16.1 Å². The summed E-state index contributed by atoms with van der Waals surface area (Å²) in [7, 11) is 0. The Morgan fingerprint density at radius 1 is 1.17 bits per heavy atom. The summed E-state index contributed by atoms with van der Waals surface area (Å²) in [4.78, 5) is 29.0. The highest BCUT2D eigenvalue weighted by molar-refractivity contribution is 5.92. The smallest absolute Gasteiger partial charge is 0.223 e. The first-order chi connectivity index (χ1) is 11.1. The monoisotopic (exact) mass is 315 g/mol. The maximum atomic E-state index is 13.8. The fourth-order valence-corrected chi connectivity index (χ4v) is 2.11. The third-order valence-electron chi connectivity index (χ3n) is 3.28. The zero-order valence-corrected chi connectivity index (χ0v) is 12.8. The topological polar surface area (TPSA) is 62.3 Å². The van der Waals surface area contributed by atoms with E-state index in [2.05, 4.69) is 10.3 Å². The minimum atomic E-state index is -0.489. The van der Waals surface area contributed by atoms with E-state index in [4.69, 9.17) is 0 Å². The average Bonchev–Trinajstić information content (AvgIpc) is 2.55. The SMILES string of the molecule is CC(=O)N(CCC(=O)NCc1ccccn1)c1ccccc1F. The van der Waals surface area contributed by atoms with Gasteiger partial charge in [-0.3, -0.25) is 14.6 Å². The minimum Gasteiger partial charge on any atom is -0.350 e. The molecule has 1 heterocycles. The van der Waals surface area contributed by atoms with E-state index in [0.717, 1.165) is 5.69 Å². The van der Waals surface area contributed by atoms with E-state index in [9.17, 15) is 14.0 Å². The molecule has 0 saturated heterocycles. The number of amides is 2. The number of carbonyl (C=O) groups excluding carboxylic acids is 2. The van der Waals surface area contributed by atoms with Crippen LogP contribution in [0.5, 0.6) is 0 Å². The van der Waals surface area contributed by atoms with Gasteiger partial charge in [0.15, 0.2) is 0 Å². The van der Waals surface area contributed by atoms with Crippen molar-refractivity contribution >= 4 is 17.5 Å². The zero-order valence-electron chi connectivity index (χ0n) is 12.8. The molecule has 0 aliphatic rings. The van der Waals surface area contributed by atoms with Crippen LogP contribution in [0.25, 0.3) is 0 Å². The van der Waals surface area contributed by atoms with Gasteiger partial charge in [-0.25, -0.2) is 4.39 Å². The summed E-state index contributed by atoms with van der Waals surface area (Å²) in [5.41, 5.74) is 0.927. The van der Waals surface area contributed by atoms with Crippen molar-refractivity contribution < 1.29 is 14.0 Å². The number of rotatable bonds is 6. The lowest BCUT2D eigenvalue weighted by Crippen LogP contribution is -2.34. The van der Waals surface area contributed by atoms with Gasteiger partial charge in [0.2, 0.25) is 11.8 Å². The number of nitrogens with zero attached hydrogens (tertiary/aromatic N) is 2. The molecular weight excluding hydrogens is 297 g/mol. The number of halogens is 1. The van der Waals surface area contributed by atoms with Gasteiger partial charge in [-0.15, -0.1) is 0 Å². The highest BCUT2D eigenvalue weighted by Crippen LogP contribution is 2.19. The van der Waals surface area contributed by atoms with Crippen molar-refractivity contribution in [2.75, 3.05) is 11.4 Å². The molecule has 0 aliphatic heterocycles. The Morgan fingerprint density at radius 2 is 1.91 bits per heavy atom. The van der Waals surface area contributed by atoms with Crippen LogP contribution in [0.3, 0.4) is 0 Å². The average molecular weight is 315 g/mol. The molecule has 0 spiro atoms. The molecule has 0 unspecified atom stereocenters. The Morgan fingerprint density at radius 3 is 2.57 bits per heavy atom. The number of hydrogen-bond acceptors (Lipinski definition) is 3. The van der Waals surface area contributed by atoms with E-state index < -0.39 is 5.82 Å². The molecule has 2 amide bonds. The van der Waals surface area contributed by atoms with E-state index in [1.165, 1.54) is 24.0 Å². The van der Waals surface area contributed by atoms with Crippen LogP contribution >= 0.6 is 0 Å². The van der Waals surface area contributed by atoms with Gasteiger partial charge in [-0.2, -0.15) is 0 Å². The van der Waals surface area contributed by atoms with Gasteiger partial charge in [-0.1, -0.05) is 18.2 Å². The molecule has 1 aromatic carbocycles. The summed E-state index contributed by atoms with van der Waals surface area (Å²) in [5.74, 6) is -1.03. The van der Waals surface area contributed by atoms with Crippen molar-refractivity contribution in [2.45, 2.75) is 19.9 Å².